The zero-order valence-corrected chi connectivity index (χ0v) is 14.5. The lowest BCUT2D eigenvalue weighted by Crippen LogP contribution is -2.47. The number of non-ortho nitro benzene ring substituents is 1. The van der Waals surface area contributed by atoms with Crippen molar-refractivity contribution in [1.82, 2.24) is 4.90 Å². The standard InChI is InChI=1S/C16H21N3O5S/c20-15(18-8-9-25-11-14(18)10-16(21)22)2-1-7-17-12-3-5-13(6-4-12)19(23)24/h3-6,14,17H,1-2,7-11H2,(H,21,22). The number of amides is 1. The molecule has 136 valence electrons. The van der Waals surface area contributed by atoms with E-state index in [1.165, 1.54) is 12.1 Å². The number of rotatable bonds is 8. The minimum absolute atomic E-state index is 0.0141. The maximum atomic E-state index is 12.3. The van der Waals surface area contributed by atoms with E-state index < -0.39 is 10.9 Å². The number of benzene rings is 1. The summed E-state index contributed by atoms with van der Waals surface area (Å²) in [6.07, 6.45) is 0.944. The second-order valence-electron chi connectivity index (χ2n) is 5.75. The highest BCUT2D eigenvalue weighted by Crippen LogP contribution is 2.20. The minimum atomic E-state index is -0.884. The Kier molecular flexibility index (Phi) is 7.05. The van der Waals surface area contributed by atoms with Gasteiger partial charge in [0.15, 0.2) is 0 Å². The number of thioether (sulfide) groups is 1. The molecule has 2 N–H and O–H groups in total. The zero-order valence-electron chi connectivity index (χ0n) is 13.7. The maximum absolute atomic E-state index is 12.3. The molecule has 1 aromatic rings. The first-order valence-electron chi connectivity index (χ1n) is 8.04. The van der Waals surface area contributed by atoms with E-state index in [1.807, 2.05) is 0 Å². The lowest BCUT2D eigenvalue weighted by molar-refractivity contribution is -0.384. The topological polar surface area (TPSA) is 113 Å². The minimum Gasteiger partial charge on any atom is -0.481 e. The lowest BCUT2D eigenvalue weighted by atomic mass is 10.1. The molecule has 0 spiro atoms. The van der Waals surface area contributed by atoms with Crippen molar-refractivity contribution in [2.45, 2.75) is 25.3 Å². The van der Waals surface area contributed by atoms with Crippen LogP contribution in [0.4, 0.5) is 11.4 Å². The summed E-state index contributed by atoms with van der Waals surface area (Å²) in [4.78, 5) is 35.1. The average molecular weight is 367 g/mol. The molecule has 0 aliphatic carbocycles. The molecule has 1 atom stereocenters. The summed E-state index contributed by atoms with van der Waals surface area (Å²) in [7, 11) is 0. The van der Waals surface area contributed by atoms with E-state index in [0.717, 1.165) is 11.4 Å². The quantitative estimate of drug-likeness (QED) is 0.411. The van der Waals surface area contributed by atoms with E-state index in [1.54, 1.807) is 28.8 Å². The summed E-state index contributed by atoms with van der Waals surface area (Å²) in [5.74, 6) is 0.601. The van der Waals surface area contributed by atoms with Crippen molar-refractivity contribution in [3.63, 3.8) is 0 Å². The van der Waals surface area contributed by atoms with Gasteiger partial charge in [0.25, 0.3) is 5.69 Å². The molecule has 8 nitrogen and oxygen atoms in total. The smallest absolute Gasteiger partial charge is 0.305 e. The molecular formula is C16H21N3O5S. The highest BCUT2D eigenvalue weighted by Gasteiger charge is 2.28. The molecule has 1 aromatic carbocycles. The van der Waals surface area contributed by atoms with Crippen molar-refractivity contribution >= 4 is 35.0 Å². The monoisotopic (exact) mass is 367 g/mol. The molecule has 1 amide bonds. The van der Waals surface area contributed by atoms with Gasteiger partial charge in [0.05, 0.1) is 17.4 Å². The molecule has 1 aliphatic rings. The third kappa shape index (κ3) is 5.93. The number of carbonyl (C=O) groups excluding carboxylic acids is 1. The first-order chi connectivity index (χ1) is 12.0. The number of nitrogens with zero attached hydrogens (tertiary/aromatic N) is 2. The van der Waals surface area contributed by atoms with Crippen LogP contribution in [0.5, 0.6) is 0 Å². The number of carboxylic acids is 1. The average Bonchev–Trinajstić information content (AvgIpc) is 2.59. The fraction of sp³-hybridized carbons (Fsp3) is 0.500. The highest BCUT2D eigenvalue weighted by molar-refractivity contribution is 7.99. The lowest BCUT2D eigenvalue weighted by Gasteiger charge is -2.34. The van der Waals surface area contributed by atoms with Crippen molar-refractivity contribution in [2.24, 2.45) is 0 Å². The fourth-order valence-corrected chi connectivity index (χ4v) is 3.73. The number of hydrogen-bond acceptors (Lipinski definition) is 6. The molecule has 1 fully saturated rings. The number of nitro groups is 1. The molecule has 25 heavy (non-hydrogen) atoms. The van der Waals surface area contributed by atoms with Gasteiger partial charge in [0.2, 0.25) is 5.91 Å². The van der Waals surface area contributed by atoms with Crippen LogP contribution in [0.25, 0.3) is 0 Å². The highest BCUT2D eigenvalue weighted by atomic mass is 32.2. The molecule has 0 radical (unpaired) electrons. The van der Waals surface area contributed by atoms with Crippen molar-refractivity contribution in [3.8, 4) is 0 Å². The number of aliphatic carboxylic acids is 1. The van der Waals surface area contributed by atoms with Crippen LogP contribution in [0.1, 0.15) is 19.3 Å². The Labute approximate surface area is 149 Å². The van der Waals surface area contributed by atoms with E-state index >= 15 is 0 Å². The van der Waals surface area contributed by atoms with Crippen LogP contribution in [-0.2, 0) is 9.59 Å². The molecule has 1 aliphatic heterocycles. The van der Waals surface area contributed by atoms with Gasteiger partial charge < -0.3 is 15.3 Å². The maximum Gasteiger partial charge on any atom is 0.305 e. The Hall–Kier alpha value is -2.29. The summed E-state index contributed by atoms with van der Waals surface area (Å²) in [5, 5.41) is 22.7. The summed E-state index contributed by atoms with van der Waals surface area (Å²) >= 11 is 1.68. The van der Waals surface area contributed by atoms with Crippen LogP contribution in [0, 0.1) is 10.1 Å². The SMILES string of the molecule is O=C(O)CC1CSCCN1C(=O)CCCNc1ccc([N+](=O)[O-])cc1. The summed E-state index contributed by atoms with van der Waals surface area (Å²) in [6.45, 7) is 1.16. The first-order valence-corrected chi connectivity index (χ1v) is 9.20. The van der Waals surface area contributed by atoms with Gasteiger partial charge in [-0.3, -0.25) is 19.7 Å². The molecule has 0 bridgehead atoms. The Morgan fingerprint density at radius 2 is 2.08 bits per heavy atom. The van der Waals surface area contributed by atoms with Crippen molar-refractivity contribution in [1.29, 1.82) is 0 Å². The normalized spacial score (nSPS) is 17.1. The third-order valence-corrected chi connectivity index (χ3v) is 5.02. The molecule has 1 unspecified atom stereocenters. The third-order valence-electron chi connectivity index (χ3n) is 3.93. The van der Waals surface area contributed by atoms with Crippen LogP contribution >= 0.6 is 11.8 Å². The van der Waals surface area contributed by atoms with E-state index in [2.05, 4.69) is 5.32 Å². The molecule has 9 heteroatoms. The van der Waals surface area contributed by atoms with Gasteiger partial charge in [0, 0.05) is 48.8 Å². The number of nitrogens with one attached hydrogen (secondary N) is 1. The van der Waals surface area contributed by atoms with Gasteiger partial charge in [-0.15, -0.1) is 0 Å². The Balaban J connectivity index is 1.75. The largest absolute Gasteiger partial charge is 0.481 e. The van der Waals surface area contributed by atoms with Gasteiger partial charge in [0.1, 0.15) is 0 Å². The van der Waals surface area contributed by atoms with Gasteiger partial charge in [-0.05, 0) is 18.6 Å². The number of nitro benzene ring substituents is 1. The van der Waals surface area contributed by atoms with E-state index in [-0.39, 0.29) is 24.1 Å². The number of carboxylic acid groups (broad SMARTS) is 1. The van der Waals surface area contributed by atoms with Crippen LogP contribution in [0.15, 0.2) is 24.3 Å². The fourth-order valence-electron chi connectivity index (χ4n) is 2.67. The van der Waals surface area contributed by atoms with Crippen molar-refractivity contribution in [2.75, 3.05) is 29.9 Å². The van der Waals surface area contributed by atoms with E-state index in [9.17, 15) is 19.7 Å². The van der Waals surface area contributed by atoms with Crippen molar-refractivity contribution < 1.29 is 19.6 Å². The molecule has 1 heterocycles. The second-order valence-corrected chi connectivity index (χ2v) is 6.90. The van der Waals surface area contributed by atoms with Gasteiger partial charge in [-0.25, -0.2) is 0 Å². The van der Waals surface area contributed by atoms with Gasteiger partial charge in [-0.2, -0.15) is 11.8 Å². The zero-order chi connectivity index (χ0) is 18.2. The van der Waals surface area contributed by atoms with E-state index in [0.29, 0.717) is 31.7 Å². The number of anilines is 1. The predicted molar refractivity (Wildman–Crippen MR) is 95.9 cm³/mol. The second kappa shape index (κ2) is 9.26. The Bertz CT molecular complexity index is 623. The number of carbonyl (C=O) groups is 2. The van der Waals surface area contributed by atoms with Crippen molar-refractivity contribution in [3.05, 3.63) is 34.4 Å². The molecular weight excluding hydrogens is 346 g/mol. The van der Waals surface area contributed by atoms with Crippen LogP contribution in [0.3, 0.4) is 0 Å². The molecule has 0 aromatic heterocycles. The summed E-state index contributed by atoms with van der Waals surface area (Å²) < 4.78 is 0. The Morgan fingerprint density at radius 3 is 2.72 bits per heavy atom. The molecule has 1 saturated heterocycles. The summed E-state index contributed by atoms with van der Waals surface area (Å²) in [5.41, 5.74) is 0.796. The van der Waals surface area contributed by atoms with E-state index in [4.69, 9.17) is 5.11 Å². The van der Waals surface area contributed by atoms with Crippen LogP contribution < -0.4 is 5.32 Å². The predicted octanol–water partition coefficient (Wildman–Crippen LogP) is 2.21. The summed E-state index contributed by atoms with van der Waals surface area (Å²) in [6, 6.07) is 5.88. The van der Waals surface area contributed by atoms with Gasteiger partial charge in [-0.1, -0.05) is 0 Å². The van der Waals surface area contributed by atoms with Crippen LogP contribution in [0.2, 0.25) is 0 Å². The molecule has 0 saturated carbocycles. The van der Waals surface area contributed by atoms with Gasteiger partial charge >= 0.3 is 5.97 Å². The van der Waals surface area contributed by atoms with Crippen LogP contribution in [-0.4, -0.2) is 57.4 Å². The molecule has 2 rings (SSSR count). The first kappa shape index (κ1) is 19.0. The number of hydrogen-bond donors (Lipinski definition) is 2. The Morgan fingerprint density at radius 1 is 1.36 bits per heavy atom.